The number of hydrogen-bond donors (Lipinski definition) is 1. The summed E-state index contributed by atoms with van der Waals surface area (Å²) in [6.45, 7) is 11.8. The SMILES string of the molecule is Cc1cccnc1-n1c(C)cc([C@H]2[C@@H](c3ccccn3)NC(=S)N2CC(C)C)c1C. The second-order valence-corrected chi connectivity index (χ2v) is 8.87. The Morgan fingerprint density at radius 3 is 2.50 bits per heavy atom. The molecule has 5 nitrogen and oxygen atoms in total. The number of aryl methyl sites for hydroxylation is 2. The van der Waals surface area contributed by atoms with Gasteiger partial charge in [0.2, 0.25) is 0 Å². The van der Waals surface area contributed by atoms with E-state index in [1.54, 1.807) is 0 Å². The summed E-state index contributed by atoms with van der Waals surface area (Å²) >= 11 is 5.78. The molecule has 156 valence electrons. The van der Waals surface area contributed by atoms with Crippen LogP contribution in [0.25, 0.3) is 5.82 Å². The molecule has 3 aromatic heterocycles. The fourth-order valence-electron chi connectivity index (χ4n) is 4.46. The maximum atomic E-state index is 5.78. The lowest BCUT2D eigenvalue weighted by Crippen LogP contribution is -2.33. The summed E-state index contributed by atoms with van der Waals surface area (Å²) in [7, 11) is 0. The molecule has 6 heteroatoms. The quantitative estimate of drug-likeness (QED) is 0.601. The Balaban J connectivity index is 1.85. The van der Waals surface area contributed by atoms with Crippen LogP contribution in [-0.4, -0.2) is 31.1 Å². The largest absolute Gasteiger partial charge is 0.352 e. The zero-order valence-electron chi connectivity index (χ0n) is 18.3. The van der Waals surface area contributed by atoms with Crippen LogP contribution in [0.5, 0.6) is 0 Å². The van der Waals surface area contributed by atoms with Crippen LogP contribution in [0.1, 0.15) is 54.1 Å². The van der Waals surface area contributed by atoms with Crippen LogP contribution in [0, 0.1) is 26.7 Å². The molecule has 30 heavy (non-hydrogen) atoms. The second kappa shape index (κ2) is 8.19. The van der Waals surface area contributed by atoms with E-state index in [1.165, 1.54) is 17.0 Å². The van der Waals surface area contributed by atoms with Crippen LogP contribution >= 0.6 is 12.2 Å². The molecule has 0 aromatic carbocycles. The van der Waals surface area contributed by atoms with E-state index >= 15 is 0 Å². The first-order chi connectivity index (χ1) is 14.4. The molecule has 0 radical (unpaired) electrons. The Morgan fingerprint density at radius 2 is 1.83 bits per heavy atom. The molecular weight excluding hydrogens is 390 g/mol. The van der Waals surface area contributed by atoms with Crippen LogP contribution in [0.2, 0.25) is 0 Å². The van der Waals surface area contributed by atoms with Crippen molar-refractivity contribution in [2.24, 2.45) is 5.92 Å². The second-order valence-electron chi connectivity index (χ2n) is 8.48. The smallest absolute Gasteiger partial charge is 0.170 e. The van der Waals surface area contributed by atoms with Crippen LogP contribution in [0.3, 0.4) is 0 Å². The van der Waals surface area contributed by atoms with Gasteiger partial charge < -0.3 is 14.8 Å². The molecule has 1 N–H and O–H groups in total. The van der Waals surface area contributed by atoms with E-state index in [4.69, 9.17) is 12.2 Å². The minimum atomic E-state index is 0.0104. The third-order valence-electron chi connectivity index (χ3n) is 5.74. The topological polar surface area (TPSA) is 46.0 Å². The summed E-state index contributed by atoms with van der Waals surface area (Å²) in [6, 6.07) is 12.5. The molecule has 1 aliphatic heterocycles. The minimum Gasteiger partial charge on any atom is -0.352 e. The first-order valence-corrected chi connectivity index (χ1v) is 10.9. The zero-order chi connectivity index (χ0) is 21.4. The number of nitrogens with zero attached hydrogens (tertiary/aromatic N) is 4. The summed E-state index contributed by atoms with van der Waals surface area (Å²) in [6.07, 6.45) is 3.71. The van der Waals surface area contributed by atoms with E-state index in [0.29, 0.717) is 5.92 Å². The average molecular weight is 420 g/mol. The molecule has 0 unspecified atom stereocenters. The Morgan fingerprint density at radius 1 is 1.07 bits per heavy atom. The normalized spacial score (nSPS) is 18.9. The maximum absolute atomic E-state index is 5.78. The maximum Gasteiger partial charge on any atom is 0.170 e. The first kappa shape index (κ1) is 20.5. The van der Waals surface area contributed by atoms with Gasteiger partial charge >= 0.3 is 0 Å². The van der Waals surface area contributed by atoms with E-state index in [2.05, 4.69) is 77.6 Å². The third-order valence-corrected chi connectivity index (χ3v) is 6.09. The van der Waals surface area contributed by atoms with Gasteiger partial charge in [0.1, 0.15) is 5.82 Å². The Labute approximate surface area is 184 Å². The number of thiocarbonyl (C=S) groups is 1. The van der Waals surface area contributed by atoms with Gasteiger partial charge in [-0.15, -0.1) is 0 Å². The lowest BCUT2D eigenvalue weighted by Gasteiger charge is -2.29. The first-order valence-electron chi connectivity index (χ1n) is 10.5. The molecule has 2 atom stereocenters. The Hall–Kier alpha value is -2.73. The van der Waals surface area contributed by atoms with Crippen molar-refractivity contribution in [3.8, 4) is 5.82 Å². The van der Waals surface area contributed by atoms with Crippen molar-refractivity contribution >= 4 is 17.3 Å². The van der Waals surface area contributed by atoms with E-state index in [-0.39, 0.29) is 12.1 Å². The molecule has 1 saturated heterocycles. The minimum absolute atomic E-state index is 0.0104. The monoisotopic (exact) mass is 419 g/mol. The molecular formula is C24H29N5S. The van der Waals surface area contributed by atoms with Gasteiger partial charge in [0.15, 0.2) is 5.11 Å². The van der Waals surface area contributed by atoms with Gasteiger partial charge in [-0.1, -0.05) is 26.0 Å². The van der Waals surface area contributed by atoms with Crippen molar-refractivity contribution in [3.63, 3.8) is 0 Å². The van der Waals surface area contributed by atoms with Gasteiger partial charge in [0.25, 0.3) is 0 Å². The summed E-state index contributed by atoms with van der Waals surface area (Å²) in [5, 5.41) is 4.35. The standard InChI is InChI=1S/C24H29N5S/c1-15(2)14-28-22(21(27-24(28)30)20-10-6-7-11-25-20)19-13-17(4)29(18(19)5)23-16(3)9-8-12-26-23/h6-13,15,21-22H,14H2,1-5H3,(H,27,30)/t21-,22+/m1/s1. The van der Waals surface area contributed by atoms with Crippen molar-refractivity contribution in [1.82, 2.24) is 24.8 Å². The van der Waals surface area contributed by atoms with Crippen LogP contribution in [-0.2, 0) is 0 Å². The van der Waals surface area contributed by atoms with Gasteiger partial charge in [0.05, 0.1) is 17.8 Å². The summed E-state index contributed by atoms with van der Waals surface area (Å²) in [4.78, 5) is 11.6. The number of pyridine rings is 2. The zero-order valence-corrected chi connectivity index (χ0v) is 19.1. The molecule has 3 aromatic rings. The number of nitrogens with one attached hydrogen (secondary N) is 1. The lowest BCUT2D eigenvalue weighted by molar-refractivity contribution is 0.287. The molecule has 0 bridgehead atoms. The highest BCUT2D eigenvalue weighted by atomic mass is 32.1. The third kappa shape index (κ3) is 3.60. The Kier molecular flexibility index (Phi) is 5.60. The highest BCUT2D eigenvalue weighted by molar-refractivity contribution is 7.80. The number of rotatable bonds is 5. The fourth-order valence-corrected chi connectivity index (χ4v) is 4.77. The Bertz CT molecular complexity index is 1060. The molecule has 0 saturated carbocycles. The number of hydrogen-bond acceptors (Lipinski definition) is 3. The van der Waals surface area contributed by atoms with E-state index in [0.717, 1.165) is 28.7 Å². The van der Waals surface area contributed by atoms with Gasteiger partial charge in [-0.05, 0) is 74.3 Å². The molecule has 0 spiro atoms. The highest BCUT2D eigenvalue weighted by Gasteiger charge is 2.41. The summed E-state index contributed by atoms with van der Waals surface area (Å²) in [5.41, 5.74) is 5.80. The van der Waals surface area contributed by atoms with Crippen molar-refractivity contribution in [2.45, 2.75) is 46.7 Å². The van der Waals surface area contributed by atoms with Gasteiger partial charge in [-0.2, -0.15) is 0 Å². The van der Waals surface area contributed by atoms with Crippen LogP contribution in [0.4, 0.5) is 0 Å². The van der Waals surface area contributed by atoms with Gasteiger partial charge in [-0.3, -0.25) is 4.98 Å². The van der Waals surface area contributed by atoms with E-state index in [9.17, 15) is 0 Å². The van der Waals surface area contributed by atoms with Crippen molar-refractivity contribution in [3.05, 3.63) is 77.0 Å². The van der Waals surface area contributed by atoms with Crippen LogP contribution < -0.4 is 5.32 Å². The van der Waals surface area contributed by atoms with E-state index in [1.807, 2.05) is 30.6 Å². The van der Waals surface area contributed by atoms with E-state index < -0.39 is 0 Å². The molecule has 1 fully saturated rings. The average Bonchev–Trinajstić information content (AvgIpc) is 3.18. The molecule has 4 heterocycles. The predicted molar refractivity (Wildman–Crippen MR) is 125 cm³/mol. The highest BCUT2D eigenvalue weighted by Crippen LogP contribution is 2.41. The van der Waals surface area contributed by atoms with Crippen LogP contribution in [0.15, 0.2) is 48.8 Å². The lowest BCUT2D eigenvalue weighted by atomic mass is 9.96. The van der Waals surface area contributed by atoms with Crippen molar-refractivity contribution < 1.29 is 0 Å². The van der Waals surface area contributed by atoms with Gasteiger partial charge in [-0.25, -0.2) is 4.98 Å². The number of aromatic nitrogens is 3. The molecule has 0 aliphatic carbocycles. The molecule has 0 amide bonds. The van der Waals surface area contributed by atoms with Gasteiger partial charge in [0, 0.05) is 30.3 Å². The van der Waals surface area contributed by atoms with Crippen molar-refractivity contribution in [2.75, 3.05) is 6.54 Å². The van der Waals surface area contributed by atoms with Crippen molar-refractivity contribution in [1.29, 1.82) is 0 Å². The summed E-state index contributed by atoms with van der Waals surface area (Å²) < 4.78 is 2.26. The summed E-state index contributed by atoms with van der Waals surface area (Å²) in [5.74, 6) is 1.48. The molecule has 1 aliphatic rings. The fraction of sp³-hybridized carbons (Fsp3) is 0.375. The predicted octanol–water partition coefficient (Wildman–Crippen LogP) is 4.82. The molecule has 4 rings (SSSR count).